The van der Waals surface area contributed by atoms with E-state index in [1.165, 1.54) is 5.56 Å². The van der Waals surface area contributed by atoms with Crippen LogP contribution in [0.25, 0.3) is 0 Å². The topological polar surface area (TPSA) is 18.5 Å². The van der Waals surface area contributed by atoms with E-state index >= 15 is 0 Å². The molecule has 2 heteroatoms. The largest absolute Gasteiger partial charge is 0.496 e. The van der Waals surface area contributed by atoms with Crippen molar-refractivity contribution in [2.24, 2.45) is 0 Å². The first-order valence-corrected chi connectivity index (χ1v) is 6.05. The van der Waals surface area contributed by atoms with Gasteiger partial charge in [-0.15, -0.1) is 0 Å². The number of benzene rings is 2. The fourth-order valence-corrected chi connectivity index (χ4v) is 1.47. The summed E-state index contributed by atoms with van der Waals surface area (Å²) >= 11 is 0. The summed E-state index contributed by atoms with van der Waals surface area (Å²) in [6.45, 7) is 4.75. The maximum Gasteiger partial charge on any atom is 0.121 e. The van der Waals surface area contributed by atoms with Gasteiger partial charge in [-0.25, -0.2) is 0 Å². The molecule has 0 atom stereocenters. The first-order chi connectivity index (χ1) is 8.77. The lowest BCUT2D eigenvalue weighted by Gasteiger charge is -2.00. The molecule has 0 aliphatic carbocycles. The van der Waals surface area contributed by atoms with Gasteiger partial charge in [-0.05, 0) is 37.6 Å². The molecule has 0 bridgehead atoms. The van der Waals surface area contributed by atoms with Gasteiger partial charge in [0.1, 0.15) is 11.5 Å². The van der Waals surface area contributed by atoms with Crippen LogP contribution in [0.1, 0.15) is 12.5 Å². The van der Waals surface area contributed by atoms with Crippen LogP contribution in [-0.4, -0.2) is 13.7 Å². The summed E-state index contributed by atoms with van der Waals surface area (Å²) in [6.07, 6.45) is 0. The molecule has 0 fully saturated rings. The summed E-state index contributed by atoms with van der Waals surface area (Å²) in [5.41, 5.74) is 1.18. The Morgan fingerprint density at radius 1 is 0.889 bits per heavy atom. The number of methoxy groups -OCH3 is 1. The van der Waals surface area contributed by atoms with Gasteiger partial charge in [-0.2, -0.15) is 0 Å². The van der Waals surface area contributed by atoms with E-state index in [0.29, 0.717) is 0 Å². The molecule has 18 heavy (non-hydrogen) atoms. The molecule has 0 heterocycles. The molecule has 2 nitrogen and oxygen atoms in total. The fourth-order valence-electron chi connectivity index (χ4n) is 1.47. The van der Waals surface area contributed by atoms with Crippen LogP contribution in [0.15, 0.2) is 54.6 Å². The molecule has 0 saturated heterocycles. The molecule has 0 amide bonds. The van der Waals surface area contributed by atoms with Gasteiger partial charge < -0.3 is 9.47 Å². The number of hydrogen-bond donors (Lipinski definition) is 0. The molecule has 0 unspecified atom stereocenters. The molecule has 96 valence electrons. The fraction of sp³-hybridized carbons (Fsp3) is 0.250. The Morgan fingerprint density at radius 3 is 2.00 bits per heavy atom. The first-order valence-electron chi connectivity index (χ1n) is 6.05. The van der Waals surface area contributed by atoms with E-state index in [1.807, 2.05) is 68.4 Å². The van der Waals surface area contributed by atoms with Crippen LogP contribution in [0.3, 0.4) is 0 Å². The number of aryl methyl sites for hydroxylation is 1. The van der Waals surface area contributed by atoms with Gasteiger partial charge in [0, 0.05) is 0 Å². The van der Waals surface area contributed by atoms with Crippen LogP contribution in [0.5, 0.6) is 11.5 Å². The highest BCUT2D eigenvalue weighted by Crippen LogP contribution is 2.14. The van der Waals surface area contributed by atoms with Crippen molar-refractivity contribution < 1.29 is 9.47 Å². The standard InChI is InChI=1S/2C8H10O/c1-7-5-3-4-6-8(7)9-2;1-2-9-8-6-4-3-5-7-8/h3-6H,1-2H3;3-7H,2H2,1H3. The number of hydrogen-bond acceptors (Lipinski definition) is 2. The first kappa shape index (κ1) is 14.1. The Hall–Kier alpha value is -1.96. The van der Waals surface area contributed by atoms with E-state index in [0.717, 1.165) is 18.1 Å². The number of para-hydroxylation sites is 2. The zero-order valence-electron chi connectivity index (χ0n) is 11.2. The lowest BCUT2D eigenvalue weighted by molar-refractivity contribution is 0.340. The Bertz CT molecular complexity index is 438. The van der Waals surface area contributed by atoms with E-state index in [9.17, 15) is 0 Å². The maximum absolute atomic E-state index is 5.21. The van der Waals surface area contributed by atoms with Crippen molar-refractivity contribution in [3.05, 3.63) is 60.2 Å². The summed E-state index contributed by atoms with van der Waals surface area (Å²) in [5, 5.41) is 0. The average molecular weight is 244 g/mol. The third-order valence-corrected chi connectivity index (χ3v) is 2.37. The van der Waals surface area contributed by atoms with Gasteiger partial charge in [0.05, 0.1) is 13.7 Å². The molecular weight excluding hydrogens is 224 g/mol. The van der Waals surface area contributed by atoms with Crippen molar-refractivity contribution in [3.63, 3.8) is 0 Å². The van der Waals surface area contributed by atoms with E-state index in [1.54, 1.807) is 7.11 Å². The van der Waals surface area contributed by atoms with E-state index in [2.05, 4.69) is 0 Å². The van der Waals surface area contributed by atoms with Gasteiger partial charge in [-0.3, -0.25) is 0 Å². The van der Waals surface area contributed by atoms with Crippen LogP contribution in [-0.2, 0) is 0 Å². The molecule has 0 N–H and O–H groups in total. The number of rotatable bonds is 3. The molecule has 0 aromatic heterocycles. The summed E-state index contributed by atoms with van der Waals surface area (Å²) < 4.78 is 10.3. The SMILES string of the molecule is CCOc1ccccc1.COc1ccccc1C. The lowest BCUT2D eigenvalue weighted by atomic mass is 10.2. The molecule has 0 aliphatic heterocycles. The summed E-state index contributed by atoms with van der Waals surface area (Å²) in [7, 11) is 1.68. The summed E-state index contributed by atoms with van der Waals surface area (Å²) in [6, 6.07) is 17.7. The van der Waals surface area contributed by atoms with Crippen LogP contribution >= 0.6 is 0 Å². The second kappa shape index (κ2) is 8.18. The highest BCUT2D eigenvalue weighted by molar-refractivity contribution is 5.31. The normalized spacial score (nSPS) is 9.06. The van der Waals surface area contributed by atoms with Gasteiger partial charge in [0.15, 0.2) is 0 Å². The Morgan fingerprint density at radius 2 is 1.50 bits per heavy atom. The van der Waals surface area contributed by atoms with Gasteiger partial charge >= 0.3 is 0 Å². The highest BCUT2D eigenvalue weighted by atomic mass is 16.5. The van der Waals surface area contributed by atoms with Crippen molar-refractivity contribution >= 4 is 0 Å². The van der Waals surface area contributed by atoms with Gasteiger partial charge in [-0.1, -0.05) is 36.4 Å². The average Bonchev–Trinajstić information content (AvgIpc) is 2.42. The molecular formula is C16H20O2. The van der Waals surface area contributed by atoms with E-state index in [-0.39, 0.29) is 0 Å². The third kappa shape index (κ3) is 4.91. The Labute approximate surface area is 109 Å². The van der Waals surface area contributed by atoms with Crippen LogP contribution < -0.4 is 9.47 Å². The molecule has 0 aliphatic rings. The zero-order valence-corrected chi connectivity index (χ0v) is 11.2. The smallest absolute Gasteiger partial charge is 0.121 e. The van der Waals surface area contributed by atoms with Crippen molar-refractivity contribution in [3.8, 4) is 11.5 Å². The van der Waals surface area contributed by atoms with E-state index in [4.69, 9.17) is 9.47 Å². The molecule has 0 saturated carbocycles. The minimum absolute atomic E-state index is 0.740. The molecule has 2 aromatic carbocycles. The minimum atomic E-state index is 0.740. The number of ether oxygens (including phenoxy) is 2. The van der Waals surface area contributed by atoms with Crippen LogP contribution in [0, 0.1) is 6.92 Å². The van der Waals surface area contributed by atoms with Crippen LogP contribution in [0.2, 0.25) is 0 Å². The van der Waals surface area contributed by atoms with Crippen molar-refractivity contribution in [1.82, 2.24) is 0 Å². The third-order valence-electron chi connectivity index (χ3n) is 2.37. The van der Waals surface area contributed by atoms with E-state index < -0.39 is 0 Å². The molecule has 0 spiro atoms. The summed E-state index contributed by atoms with van der Waals surface area (Å²) in [4.78, 5) is 0. The van der Waals surface area contributed by atoms with Gasteiger partial charge in [0.2, 0.25) is 0 Å². The molecule has 2 rings (SSSR count). The predicted octanol–water partition coefficient (Wildman–Crippen LogP) is 4.09. The second-order valence-electron chi connectivity index (χ2n) is 3.72. The maximum atomic E-state index is 5.21. The summed E-state index contributed by atoms with van der Waals surface area (Å²) in [5.74, 6) is 1.90. The quantitative estimate of drug-likeness (QED) is 0.809. The van der Waals surface area contributed by atoms with Crippen molar-refractivity contribution in [2.75, 3.05) is 13.7 Å². The minimum Gasteiger partial charge on any atom is -0.496 e. The van der Waals surface area contributed by atoms with Crippen molar-refractivity contribution in [2.45, 2.75) is 13.8 Å². The van der Waals surface area contributed by atoms with Gasteiger partial charge in [0.25, 0.3) is 0 Å². The predicted molar refractivity (Wildman–Crippen MR) is 75.3 cm³/mol. The van der Waals surface area contributed by atoms with Crippen molar-refractivity contribution in [1.29, 1.82) is 0 Å². The Kier molecular flexibility index (Phi) is 6.41. The van der Waals surface area contributed by atoms with Crippen LogP contribution in [0.4, 0.5) is 0 Å². The molecule has 2 aromatic rings. The second-order valence-corrected chi connectivity index (χ2v) is 3.72. The monoisotopic (exact) mass is 244 g/mol. The highest BCUT2D eigenvalue weighted by Gasteiger charge is 1.90. The Balaban J connectivity index is 0.000000180. The lowest BCUT2D eigenvalue weighted by Crippen LogP contribution is -1.89. The zero-order chi connectivity index (χ0) is 13.2. The molecule has 0 radical (unpaired) electrons.